The molecular formula is C16H20N2O5. The topological polar surface area (TPSA) is 95.9 Å². The number of rotatable bonds is 6. The van der Waals surface area contributed by atoms with Gasteiger partial charge in [-0.3, -0.25) is 14.5 Å². The van der Waals surface area contributed by atoms with Crippen LogP contribution in [0.15, 0.2) is 24.3 Å². The third-order valence-corrected chi connectivity index (χ3v) is 3.52. The number of nitrogens with zero attached hydrogens (tertiary/aromatic N) is 1. The number of nitrogens with one attached hydrogen (secondary N) is 1. The molecular weight excluding hydrogens is 300 g/mol. The van der Waals surface area contributed by atoms with Crippen LogP contribution in [-0.2, 0) is 4.79 Å². The number of hydrogen-bond donors (Lipinski definition) is 2. The van der Waals surface area contributed by atoms with E-state index in [1.165, 1.54) is 6.92 Å². The van der Waals surface area contributed by atoms with E-state index in [0.29, 0.717) is 11.3 Å². The summed E-state index contributed by atoms with van der Waals surface area (Å²) in [6.07, 6.45) is -1.03. The highest BCUT2D eigenvalue weighted by molar-refractivity contribution is 6.06. The van der Waals surface area contributed by atoms with E-state index in [2.05, 4.69) is 5.32 Å². The summed E-state index contributed by atoms with van der Waals surface area (Å²) in [6.45, 7) is 4.40. The fourth-order valence-corrected chi connectivity index (χ4v) is 2.24. The van der Waals surface area contributed by atoms with Crippen LogP contribution in [0.1, 0.15) is 31.1 Å². The maximum absolute atomic E-state index is 12.0. The minimum absolute atomic E-state index is 0.0856. The average molecular weight is 320 g/mol. The van der Waals surface area contributed by atoms with Gasteiger partial charge in [0.2, 0.25) is 0 Å². The molecule has 0 bridgehead atoms. The maximum Gasteiger partial charge on any atom is 0.325 e. The van der Waals surface area contributed by atoms with E-state index in [0.717, 1.165) is 4.90 Å². The van der Waals surface area contributed by atoms with Crippen LogP contribution in [0.25, 0.3) is 0 Å². The van der Waals surface area contributed by atoms with E-state index in [1.807, 2.05) is 0 Å². The molecule has 0 aliphatic carbocycles. The summed E-state index contributed by atoms with van der Waals surface area (Å²) < 4.78 is 5.42. The molecule has 124 valence electrons. The number of imide groups is 1. The monoisotopic (exact) mass is 320 g/mol. The number of hydrogen-bond acceptors (Lipinski definition) is 5. The fourth-order valence-electron chi connectivity index (χ4n) is 2.24. The Morgan fingerprint density at radius 2 is 2.09 bits per heavy atom. The quantitative estimate of drug-likeness (QED) is 0.601. The standard InChI is InChI=1S/C16H20N2O5/c1-10(19)11-5-4-6-13(7-11)23-9-12(20)8-18-14(21)16(2,3)17-15(18)22/h4-7,12,20H,8-9H2,1-3H3,(H,17,22)/t12-/m1/s1. The van der Waals surface area contributed by atoms with E-state index in [4.69, 9.17) is 4.74 Å². The third-order valence-electron chi connectivity index (χ3n) is 3.52. The number of urea groups is 1. The van der Waals surface area contributed by atoms with Gasteiger partial charge in [0.1, 0.15) is 24.0 Å². The van der Waals surface area contributed by atoms with E-state index in [-0.39, 0.29) is 24.8 Å². The van der Waals surface area contributed by atoms with Gasteiger partial charge in [0.05, 0.1) is 6.54 Å². The SMILES string of the molecule is CC(=O)c1cccc(OC[C@H](O)CN2C(=O)NC(C)(C)C2=O)c1. The van der Waals surface area contributed by atoms with Gasteiger partial charge in [0.15, 0.2) is 5.78 Å². The third kappa shape index (κ3) is 3.87. The lowest BCUT2D eigenvalue weighted by Crippen LogP contribution is -2.42. The Morgan fingerprint density at radius 3 is 2.65 bits per heavy atom. The minimum Gasteiger partial charge on any atom is -0.491 e. The Labute approximate surface area is 134 Å². The van der Waals surface area contributed by atoms with Crippen molar-refractivity contribution >= 4 is 17.7 Å². The Hall–Kier alpha value is -2.41. The van der Waals surface area contributed by atoms with Crippen molar-refractivity contribution in [2.75, 3.05) is 13.2 Å². The van der Waals surface area contributed by atoms with E-state index in [1.54, 1.807) is 38.1 Å². The van der Waals surface area contributed by atoms with Crippen LogP contribution in [0, 0.1) is 0 Å². The Kier molecular flexibility index (Phi) is 4.70. The smallest absolute Gasteiger partial charge is 0.325 e. The van der Waals surface area contributed by atoms with E-state index < -0.39 is 17.7 Å². The zero-order valence-electron chi connectivity index (χ0n) is 13.3. The number of ether oxygens (including phenoxy) is 1. The summed E-state index contributed by atoms with van der Waals surface area (Å²) in [5.74, 6) is -0.0352. The van der Waals surface area contributed by atoms with Crippen molar-refractivity contribution in [1.29, 1.82) is 0 Å². The molecule has 7 nitrogen and oxygen atoms in total. The first-order chi connectivity index (χ1) is 10.7. The Morgan fingerprint density at radius 1 is 1.39 bits per heavy atom. The molecule has 2 N–H and O–H groups in total. The molecule has 1 atom stereocenters. The fraction of sp³-hybridized carbons (Fsp3) is 0.438. The van der Waals surface area contributed by atoms with Gasteiger partial charge in [-0.2, -0.15) is 0 Å². The molecule has 2 rings (SSSR count). The normalized spacial score (nSPS) is 17.8. The molecule has 1 saturated heterocycles. The zero-order valence-corrected chi connectivity index (χ0v) is 13.3. The molecule has 7 heteroatoms. The zero-order chi connectivity index (χ0) is 17.2. The summed E-state index contributed by atoms with van der Waals surface area (Å²) in [6, 6.07) is 6.05. The van der Waals surface area contributed by atoms with Gasteiger partial charge in [-0.1, -0.05) is 12.1 Å². The van der Waals surface area contributed by atoms with Crippen LogP contribution >= 0.6 is 0 Å². The molecule has 0 spiro atoms. The van der Waals surface area contributed by atoms with Gasteiger partial charge in [0, 0.05) is 5.56 Å². The summed E-state index contributed by atoms with van der Waals surface area (Å²) in [4.78, 5) is 36.0. The highest BCUT2D eigenvalue weighted by Crippen LogP contribution is 2.18. The largest absolute Gasteiger partial charge is 0.491 e. The van der Waals surface area contributed by atoms with Gasteiger partial charge < -0.3 is 15.2 Å². The molecule has 1 fully saturated rings. The minimum atomic E-state index is -1.03. The summed E-state index contributed by atoms with van der Waals surface area (Å²) in [5, 5.41) is 12.5. The van der Waals surface area contributed by atoms with Crippen LogP contribution in [0.2, 0.25) is 0 Å². The predicted molar refractivity (Wildman–Crippen MR) is 82.3 cm³/mol. The molecule has 1 aliphatic heterocycles. The number of benzene rings is 1. The molecule has 1 aromatic carbocycles. The van der Waals surface area contributed by atoms with Crippen LogP contribution in [0.3, 0.4) is 0 Å². The van der Waals surface area contributed by atoms with Crippen LogP contribution in [0.4, 0.5) is 4.79 Å². The number of carbonyl (C=O) groups excluding carboxylic acids is 3. The first-order valence-corrected chi connectivity index (χ1v) is 7.26. The van der Waals surface area contributed by atoms with E-state index >= 15 is 0 Å². The number of amides is 3. The first-order valence-electron chi connectivity index (χ1n) is 7.26. The van der Waals surface area contributed by atoms with Gasteiger partial charge in [-0.15, -0.1) is 0 Å². The highest BCUT2D eigenvalue weighted by Gasteiger charge is 2.44. The molecule has 3 amide bonds. The van der Waals surface area contributed by atoms with Gasteiger partial charge in [0.25, 0.3) is 5.91 Å². The van der Waals surface area contributed by atoms with Crippen molar-refractivity contribution in [3.8, 4) is 5.75 Å². The van der Waals surface area contributed by atoms with Gasteiger partial charge >= 0.3 is 6.03 Å². The molecule has 0 unspecified atom stereocenters. The average Bonchev–Trinajstić information content (AvgIpc) is 2.67. The number of carbonyl (C=O) groups is 3. The number of ketones is 1. The van der Waals surface area contributed by atoms with Gasteiger partial charge in [-0.25, -0.2) is 4.79 Å². The second kappa shape index (κ2) is 6.37. The van der Waals surface area contributed by atoms with Crippen LogP contribution in [0.5, 0.6) is 5.75 Å². The number of β-amino-alcohol motifs (C(OH)–C–C–N with tert-alkyl or cyclic N) is 1. The molecule has 1 aromatic rings. The summed E-state index contributed by atoms with van der Waals surface area (Å²) >= 11 is 0. The van der Waals surface area contributed by atoms with Crippen molar-refractivity contribution in [3.63, 3.8) is 0 Å². The first kappa shape index (κ1) is 17.0. The number of aliphatic hydroxyl groups is 1. The summed E-state index contributed by atoms with van der Waals surface area (Å²) in [5.41, 5.74) is -0.458. The van der Waals surface area contributed by atoms with E-state index in [9.17, 15) is 19.5 Å². The number of Topliss-reactive ketones (excluding diaryl/α,β-unsaturated/α-hetero) is 1. The maximum atomic E-state index is 12.0. The lowest BCUT2D eigenvalue weighted by atomic mass is 10.1. The molecule has 0 radical (unpaired) electrons. The van der Waals surface area contributed by atoms with Crippen molar-refractivity contribution in [1.82, 2.24) is 10.2 Å². The molecule has 0 saturated carbocycles. The van der Waals surface area contributed by atoms with Gasteiger partial charge in [-0.05, 0) is 32.9 Å². The second-order valence-corrected chi connectivity index (χ2v) is 6.02. The molecule has 1 heterocycles. The Balaban J connectivity index is 1.92. The number of aliphatic hydroxyl groups excluding tert-OH is 1. The highest BCUT2D eigenvalue weighted by atomic mass is 16.5. The second-order valence-electron chi connectivity index (χ2n) is 6.02. The van der Waals surface area contributed by atoms with Crippen molar-refractivity contribution in [2.45, 2.75) is 32.4 Å². The van der Waals surface area contributed by atoms with Crippen LogP contribution in [-0.4, -0.2) is 52.5 Å². The van der Waals surface area contributed by atoms with Crippen LogP contribution < -0.4 is 10.1 Å². The van der Waals surface area contributed by atoms with Crippen molar-refractivity contribution < 1.29 is 24.2 Å². The predicted octanol–water partition coefficient (Wildman–Crippen LogP) is 0.959. The summed E-state index contributed by atoms with van der Waals surface area (Å²) in [7, 11) is 0. The lowest BCUT2D eigenvalue weighted by molar-refractivity contribution is -0.131. The Bertz CT molecular complexity index is 641. The molecule has 1 aliphatic rings. The van der Waals surface area contributed by atoms with Crippen molar-refractivity contribution in [3.05, 3.63) is 29.8 Å². The molecule has 23 heavy (non-hydrogen) atoms. The lowest BCUT2D eigenvalue weighted by Gasteiger charge is -2.19. The van der Waals surface area contributed by atoms with Crippen molar-refractivity contribution in [2.24, 2.45) is 0 Å². The molecule has 0 aromatic heterocycles.